The highest BCUT2D eigenvalue weighted by atomic mass is 16.4. The van der Waals surface area contributed by atoms with E-state index in [0.717, 1.165) is 0 Å². The van der Waals surface area contributed by atoms with Gasteiger partial charge in [-0.3, -0.25) is 9.59 Å². The Morgan fingerprint density at radius 1 is 1.13 bits per heavy atom. The number of hydrogen-bond donors (Lipinski definition) is 4. The number of nitrogens with one attached hydrogen (secondary N) is 2. The van der Waals surface area contributed by atoms with Crippen LogP contribution in [0.25, 0.3) is 0 Å². The van der Waals surface area contributed by atoms with Crippen LogP contribution >= 0.6 is 0 Å². The molecule has 0 aliphatic heterocycles. The van der Waals surface area contributed by atoms with Crippen LogP contribution in [0.1, 0.15) is 20.3 Å². The first-order valence-corrected chi connectivity index (χ1v) is 7.55. The summed E-state index contributed by atoms with van der Waals surface area (Å²) in [6.45, 7) is 3.60. The van der Waals surface area contributed by atoms with E-state index in [4.69, 9.17) is 0 Å². The largest absolute Gasteiger partial charge is 0.475 e. The second kappa shape index (κ2) is 9.81. The molecule has 0 unspecified atom stereocenters. The number of hydrogen-bond acceptors (Lipinski definition) is 4. The summed E-state index contributed by atoms with van der Waals surface area (Å²) in [5.41, 5.74) is 0.430. The maximum absolute atomic E-state index is 12.0. The van der Waals surface area contributed by atoms with Crippen molar-refractivity contribution >= 4 is 18.9 Å². The first-order valence-electron chi connectivity index (χ1n) is 7.55. The Bertz CT molecular complexity index is 536. The fourth-order valence-electron chi connectivity index (χ4n) is 2.00. The number of amides is 2. The van der Waals surface area contributed by atoms with Crippen LogP contribution in [0.2, 0.25) is 0 Å². The third-order valence-electron chi connectivity index (χ3n) is 3.10. The molecular formula is C16H23BN2O4. The van der Waals surface area contributed by atoms with Gasteiger partial charge in [-0.15, -0.1) is 0 Å². The standard InChI is InChI=1S/C16H23BN2O4/c1-12(2)10-14(17(22)23)19-15(20)11-18-16(21)13-8-6-4-3-5-7-9-13/h3-9,12,14,22-23H,10-11H2,1-2H3,(H,18,21)(H,19,20)/t14-/m0/s1. The predicted molar refractivity (Wildman–Crippen MR) is 90.1 cm³/mol. The lowest BCUT2D eigenvalue weighted by Gasteiger charge is -2.19. The zero-order valence-corrected chi connectivity index (χ0v) is 13.4. The highest BCUT2D eigenvalue weighted by molar-refractivity contribution is 6.43. The Morgan fingerprint density at radius 3 is 2.43 bits per heavy atom. The second-order valence-electron chi connectivity index (χ2n) is 5.65. The lowest BCUT2D eigenvalue weighted by atomic mass is 9.75. The van der Waals surface area contributed by atoms with Crippen LogP contribution in [0.4, 0.5) is 0 Å². The molecule has 1 rings (SSSR count). The first kappa shape index (κ1) is 18.9. The summed E-state index contributed by atoms with van der Waals surface area (Å²) in [6.07, 6.45) is 12.6. The minimum Gasteiger partial charge on any atom is -0.426 e. The number of carbonyl (C=O) groups excluding carboxylic acids is 2. The number of rotatable bonds is 7. The summed E-state index contributed by atoms with van der Waals surface area (Å²) < 4.78 is 0. The Labute approximate surface area is 136 Å². The lowest BCUT2D eigenvalue weighted by Crippen LogP contribution is -2.50. The maximum atomic E-state index is 12.0. The minimum atomic E-state index is -1.63. The van der Waals surface area contributed by atoms with Crippen molar-refractivity contribution in [3.05, 3.63) is 48.1 Å². The molecule has 6 nitrogen and oxygen atoms in total. The molecule has 1 aliphatic carbocycles. The molecule has 0 aromatic rings. The summed E-state index contributed by atoms with van der Waals surface area (Å²) >= 11 is 0. The van der Waals surface area contributed by atoms with Gasteiger partial charge >= 0.3 is 7.12 Å². The third-order valence-corrected chi connectivity index (χ3v) is 3.10. The molecule has 124 valence electrons. The summed E-state index contributed by atoms with van der Waals surface area (Å²) in [5.74, 6) is -1.40. The molecule has 0 spiro atoms. The first-order chi connectivity index (χ1) is 10.9. The fraction of sp³-hybridized carbons (Fsp3) is 0.375. The van der Waals surface area contributed by atoms with Gasteiger partial charge in [-0.2, -0.15) is 0 Å². The van der Waals surface area contributed by atoms with Gasteiger partial charge in [-0.05, 0) is 24.5 Å². The normalized spacial score (nSPS) is 14.7. The summed E-state index contributed by atoms with van der Waals surface area (Å²) in [6, 6.07) is 0. The molecular weight excluding hydrogens is 295 g/mol. The van der Waals surface area contributed by atoms with Gasteiger partial charge in [0.05, 0.1) is 12.5 Å². The third kappa shape index (κ3) is 7.62. The van der Waals surface area contributed by atoms with Crippen LogP contribution in [0.15, 0.2) is 48.1 Å². The molecule has 0 bridgehead atoms. The van der Waals surface area contributed by atoms with Gasteiger partial charge in [0.15, 0.2) is 0 Å². The van der Waals surface area contributed by atoms with Crippen molar-refractivity contribution in [3.8, 4) is 0 Å². The van der Waals surface area contributed by atoms with E-state index in [1.165, 1.54) is 0 Å². The minimum absolute atomic E-state index is 0.196. The van der Waals surface area contributed by atoms with Gasteiger partial charge in [-0.1, -0.05) is 44.2 Å². The van der Waals surface area contributed by atoms with Crippen molar-refractivity contribution in [3.63, 3.8) is 0 Å². The smallest absolute Gasteiger partial charge is 0.426 e. The monoisotopic (exact) mass is 318 g/mol. The van der Waals surface area contributed by atoms with Crippen molar-refractivity contribution in [2.45, 2.75) is 26.2 Å². The van der Waals surface area contributed by atoms with Gasteiger partial charge in [0, 0.05) is 5.57 Å². The number of carbonyl (C=O) groups is 2. The van der Waals surface area contributed by atoms with Crippen LogP contribution in [0.5, 0.6) is 0 Å². The molecule has 7 heteroatoms. The molecule has 1 aliphatic rings. The van der Waals surface area contributed by atoms with Crippen LogP contribution < -0.4 is 10.6 Å². The Balaban J connectivity index is 2.50. The molecule has 0 heterocycles. The van der Waals surface area contributed by atoms with E-state index in [-0.39, 0.29) is 18.4 Å². The van der Waals surface area contributed by atoms with Crippen molar-refractivity contribution in [1.82, 2.24) is 10.6 Å². The van der Waals surface area contributed by atoms with Gasteiger partial charge in [-0.25, -0.2) is 0 Å². The molecule has 2 amide bonds. The summed E-state index contributed by atoms with van der Waals surface area (Å²) in [7, 11) is -1.63. The van der Waals surface area contributed by atoms with E-state index in [9.17, 15) is 19.6 Å². The molecule has 4 N–H and O–H groups in total. The highest BCUT2D eigenvalue weighted by Gasteiger charge is 2.26. The Kier molecular flexibility index (Phi) is 8.08. The van der Waals surface area contributed by atoms with Gasteiger partial charge in [0.1, 0.15) is 0 Å². The van der Waals surface area contributed by atoms with Crippen LogP contribution in [-0.2, 0) is 9.59 Å². The van der Waals surface area contributed by atoms with Crippen molar-refractivity contribution in [2.24, 2.45) is 5.92 Å². The summed E-state index contributed by atoms with van der Waals surface area (Å²) in [4.78, 5) is 23.8. The van der Waals surface area contributed by atoms with Crippen LogP contribution in [0, 0.1) is 5.92 Å². The van der Waals surface area contributed by atoms with E-state index in [0.29, 0.717) is 12.0 Å². The topological polar surface area (TPSA) is 98.7 Å². The molecule has 1 atom stereocenters. The van der Waals surface area contributed by atoms with Gasteiger partial charge in [0.25, 0.3) is 5.91 Å². The highest BCUT2D eigenvalue weighted by Crippen LogP contribution is 2.05. The van der Waals surface area contributed by atoms with Crippen LogP contribution in [0.3, 0.4) is 0 Å². The quantitative estimate of drug-likeness (QED) is 0.506. The van der Waals surface area contributed by atoms with E-state index in [2.05, 4.69) is 10.6 Å². The molecule has 0 aromatic carbocycles. The van der Waals surface area contributed by atoms with E-state index >= 15 is 0 Å². The molecule has 23 heavy (non-hydrogen) atoms. The zero-order valence-electron chi connectivity index (χ0n) is 13.4. The Morgan fingerprint density at radius 2 is 1.78 bits per heavy atom. The van der Waals surface area contributed by atoms with E-state index < -0.39 is 19.0 Å². The molecule has 0 saturated heterocycles. The molecule has 0 aromatic heterocycles. The molecule has 0 radical (unpaired) electrons. The van der Waals surface area contributed by atoms with Crippen molar-refractivity contribution in [2.75, 3.05) is 6.54 Å². The van der Waals surface area contributed by atoms with E-state index in [1.807, 2.05) is 19.9 Å². The zero-order chi connectivity index (χ0) is 17.2. The predicted octanol–water partition coefficient (Wildman–Crippen LogP) is 0.254. The second-order valence-corrected chi connectivity index (χ2v) is 5.65. The fourth-order valence-corrected chi connectivity index (χ4v) is 2.00. The van der Waals surface area contributed by atoms with Crippen molar-refractivity contribution < 1.29 is 19.6 Å². The van der Waals surface area contributed by atoms with E-state index in [1.54, 1.807) is 36.5 Å². The van der Waals surface area contributed by atoms with Crippen LogP contribution in [-0.4, -0.2) is 41.5 Å². The van der Waals surface area contributed by atoms with Crippen molar-refractivity contribution in [1.29, 1.82) is 0 Å². The summed E-state index contributed by atoms with van der Waals surface area (Å²) in [5, 5.41) is 23.6. The Hall–Kier alpha value is -2.12. The maximum Gasteiger partial charge on any atom is 0.475 e. The molecule has 0 fully saturated rings. The molecule has 0 saturated carbocycles. The number of allylic oxidation sites excluding steroid dienone is 6. The average molecular weight is 318 g/mol. The average Bonchev–Trinajstić information content (AvgIpc) is 2.43. The van der Waals surface area contributed by atoms with Gasteiger partial charge < -0.3 is 20.7 Å². The lowest BCUT2D eigenvalue weighted by molar-refractivity contribution is -0.124. The van der Waals surface area contributed by atoms with Gasteiger partial charge in [0.2, 0.25) is 5.91 Å². The SMILES string of the molecule is CC(C)C[C@H](NC(=O)CNC(=O)C1=CC=CC=CC=C1)B(O)O.